The monoisotopic (exact) mass is 388 g/mol. The van der Waals surface area contributed by atoms with E-state index in [1.165, 1.54) is 0 Å². The van der Waals surface area contributed by atoms with Gasteiger partial charge in [0.05, 0.1) is 11.4 Å². The summed E-state index contributed by atoms with van der Waals surface area (Å²) in [5.41, 5.74) is 3.71. The standard InChI is InChI=1S/C21H28N2O3S/c1-6-16-9-7-8-15(2)20(16)23-19(24)14-22-27(25,26)18-12-10-17(11-13-18)21(3,4)5/h7-13,22H,6,14H2,1-5H3,(H,23,24). The van der Waals surface area contributed by atoms with Gasteiger partial charge in [0, 0.05) is 5.69 Å². The Kier molecular flexibility index (Phi) is 6.44. The van der Waals surface area contributed by atoms with E-state index < -0.39 is 15.9 Å². The molecule has 0 fully saturated rings. The Hall–Kier alpha value is -2.18. The fraction of sp³-hybridized carbons (Fsp3) is 0.381. The Labute approximate surface area is 162 Å². The van der Waals surface area contributed by atoms with Gasteiger partial charge in [0.2, 0.25) is 15.9 Å². The van der Waals surface area contributed by atoms with Gasteiger partial charge in [-0.1, -0.05) is 58.0 Å². The lowest BCUT2D eigenvalue weighted by atomic mass is 9.87. The minimum atomic E-state index is -3.75. The minimum absolute atomic E-state index is 0.0554. The van der Waals surface area contributed by atoms with Crippen molar-refractivity contribution in [3.63, 3.8) is 0 Å². The van der Waals surface area contributed by atoms with Crippen molar-refractivity contribution >= 4 is 21.6 Å². The Morgan fingerprint density at radius 3 is 2.22 bits per heavy atom. The van der Waals surface area contributed by atoms with Crippen LogP contribution in [-0.2, 0) is 26.7 Å². The van der Waals surface area contributed by atoms with Crippen LogP contribution in [0.3, 0.4) is 0 Å². The highest BCUT2D eigenvalue weighted by Gasteiger charge is 2.19. The summed E-state index contributed by atoms with van der Waals surface area (Å²) in [6.07, 6.45) is 0.781. The molecular formula is C21H28N2O3S. The van der Waals surface area contributed by atoms with Gasteiger partial charge < -0.3 is 5.32 Å². The average molecular weight is 389 g/mol. The van der Waals surface area contributed by atoms with E-state index >= 15 is 0 Å². The molecule has 0 spiro atoms. The van der Waals surface area contributed by atoms with Crippen LogP contribution in [0.5, 0.6) is 0 Å². The molecule has 0 heterocycles. The molecule has 0 radical (unpaired) electrons. The molecule has 0 atom stereocenters. The zero-order chi connectivity index (χ0) is 20.2. The molecule has 1 amide bonds. The summed E-state index contributed by atoms with van der Waals surface area (Å²) in [6.45, 7) is 9.80. The lowest BCUT2D eigenvalue weighted by Gasteiger charge is -2.19. The highest BCUT2D eigenvalue weighted by atomic mass is 32.2. The lowest BCUT2D eigenvalue weighted by Crippen LogP contribution is -2.33. The van der Waals surface area contributed by atoms with Crippen molar-refractivity contribution in [3.05, 3.63) is 59.2 Å². The van der Waals surface area contributed by atoms with Crippen LogP contribution in [0, 0.1) is 6.92 Å². The Bertz CT molecular complexity index is 911. The smallest absolute Gasteiger partial charge is 0.241 e. The van der Waals surface area contributed by atoms with Gasteiger partial charge in [0.15, 0.2) is 0 Å². The van der Waals surface area contributed by atoms with Crippen LogP contribution in [0.4, 0.5) is 5.69 Å². The molecule has 0 saturated carbocycles. The Balaban J connectivity index is 2.06. The van der Waals surface area contributed by atoms with Gasteiger partial charge in [0.1, 0.15) is 0 Å². The molecule has 2 aromatic rings. The number of nitrogens with one attached hydrogen (secondary N) is 2. The summed E-state index contributed by atoms with van der Waals surface area (Å²) in [7, 11) is -3.75. The van der Waals surface area contributed by atoms with E-state index in [4.69, 9.17) is 0 Å². The van der Waals surface area contributed by atoms with E-state index in [2.05, 4.69) is 30.8 Å². The third-order valence-corrected chi connectivity index (χ3v) is 5.87. The number of carbonyl (C=O) groups is 1. The molecule has 0 unspecified atom stereocenters. The predicted octanol–water partition coefficient (Wildman–Crippen LogP) is 3.77. The lowest BCUT2D eigenvalue weighted by molar-refractivity contribution is -0.115. The second kappa shape index (κ2) is 8.23. The summed E-state index contributed by atoms with van der Waals surface area (Å²) < 4.78 is 27.3. The maximum atomic E-state index is 12.4. The van der Waals surface area contributed by atoms with Gasteiger partial charge in [-0.15, -0.1) is 0 Å². The maximum absolute atomic E-state index is 12.4. The fourth-order valence-corrected chi connectivity index (χ4v) is 3.75. The largest absolute Gasteiger partial charge is 0.324 e. The first-order valence-corrected chi connectivity index (χ1v) is 10.5. The summed E-state index contributed by atoms with van der Waals surface area (Å²) in [5, 5.41) is 2.82. The topological polar surface area (TPSA) is 75.3 Å². The average Bonchev–Trinajstić information content (AvgIpc) is 2.61. The first-order chi connectivity index (χ1) is 12.5. The number of benzene rings is 2. The van der Waals surface area contributed by atoms with Crippen LogP contribution in [0.25, 0.3) is 0 Å². The molecule has 0 aliphatic carbocycles. The van der Waals surface area contributed by atoms with Crippen LogP contribution in [-0.4, -0.2) is 20.9 Å². The number of amides is 1. The number of anilines is 1. The molecule has 146 valence electrons. The zero-order valence-corrected chi connectivity index (χ0v) is 17.4. The predicted molar refractivity (Wildman–Crippen MR) is 110 cm³/mol. The quantitative estimate of drug-likeness (QED) is 0.791. The molecule has 6 heteroatoms. The van der Waals surface area contributed by atoms with Crippen molar-refractivity contribution in [3.8, 4) is 0 Å². The molecule has 5 nitrogen and oxygen atoms in total. The second-order valence-corrected chi connectivity index (χ2v) is 9.38. The highest BCUT2D eigenvalue weighted by Crippen LogP contribution is 2.23. The molecule has 0 aliphatic heterocycles. The van der Waals surface area contributed by atoms with Crippen molar-refractivity contribution < 1.29 is 13.2 Å². The molecular weight excluding hydrogens is 360 g/mol. The van der Waals surface area contributed by atoms with Crippen LogP contribution < -0.4 is 10.0 Å². The summed E-state index contributed by atoms with van der Waals surface area (Å²) in [6, 6.07) is 12.5. The van der Waals surface area contributed by atoms with E-state index in [0.717, 1.165) is 28.8 Å². The van der Waals surface area contributed by atoms with Gasteiger partial charge >= 0.3 is 0 Å². The third-order valence-electron chi connectivity index (χ3n) is 4.46. The summed E-state index contributed by atoms with van der Waals surface area (Å²) in [4.78, 5) is 12.4. The molecule has 2 aromatic carbocycles. The van der Waals surface area contributed by atoms with Crippen molar-refractivity contribution in [1.82, 2.24) is 4.72 Å². The van der Waals surface area contributed by atoms with Crippen molar-refractivity contribution in [2.75, 3.05) is 11.9 Å². The summed E-state index contributed by atoms with van der Waals surface area (Å²) >= 11 is 0. The molecule has 0 saturated heterocycles. The SMILES string of the molecule is CCc1cccc(C)c1NC(=O)CNS(=O)(=O)c1ccc(C(C)(C)C)cc1. The fourth-order valence-electron chi connectivity index (χ4n) is 2.76. The Morgan fingerprint density at radius 2 is 1.67 bits per heavy atom. The van der Waals surface area contributed by atoms with Gasteiger partial charge in [0.25, 0.3) is 0 Å². The number of sulfonamides is 1. The van der Waals surface area contributed by atoms with Gasteiger partial charge in [-0.2, -0.15) is 0 Å². The molecule has 0 aliphatic rings. The number of aryl methyl sites for hydroxylation is 2. The number of hydrogen-bond donors (Lipinski definition) is 2. The van der Waals surface area contributed by atoms with Crippen LogP contribution in [0.2, 0.25) is 0 Å². The molecule has 0 aromatic heterocycles. The summed E-state index contributed by atoms with van der Waals surface area (Å²) in [5.74, 6) is -0.395. The van der Waals surface area contributed by atoms with Gasteiger partial charge in [-0.05, 0) is 47.6 Å². The van der Waals surface area contributed by atoms with Gasteiger partial charge in [-0.3, -0.25) is 4.79 Å². The van der Waals surface area contributed by atoms with Crippen molar-refractivity contribution in [2.45, 2.75) is 51.3 Å². The van der Waals surface area contributed by atoms with E-state index in [9.17, 15) is 13.2 Å². The van der Waals surface area contributed by atoms with E-state index in [1.54, 1.807) is 24.3 Å². The second-order valence-electron chi connectivity index (χ2n) is 7.61. The van der Waals surface area contributed by atoms with Gasteiger partial charge in [-0.25, -0.2) is 13.1 Å². The van der Waals surface area contributed by atoms with Crippen LogP contribution >= 0.6 is 0 Å². The van der Waals surface area contributed by atoms with Crippen LogP contribution in [0.1, 0.15) is 44.4 Å². The highest BCUT2D eigenvalue weighted by molar-refractivity contribution is 7.89. The van der Waals surface area contributed by atoms with Crippen molar-refractivity contribution in [2.24, 2.45) is 0 Å². The Morgan fingerprint density at radius 1 is 1.04 bits per heavy atom. The van der Waals surface area contributed by atoms with E-state index in [0.29, 0.717) is 0 Å². The number of hydrogen-bond acceptors (Lipinski definition) is 3. The first-order valence-electron chi connectivity index (χ1n) is 9.03. The third kappa shape index (κ3) is 5.40. The maximum Gasteiger partial charge on any atom is 0.241 e. The number of rotatable bonds is 6. The molecule has 27 heavy (non-hydrogen) atoms. The molecule has 0 bridgehead atoms. The first kappa shape index (κ1) is 21.1. The number of carbonyl (C=O) groups excluding carboxylic acids is 1. The van der Waals surface area contributed by atoms with E-state index in [1.807, 2.05) is 32.0 Å². The number of para-hydroxylation sites is 1. The molecule has 2 rings (SSSR count). The van der Waals surface area contributed by atoms with Crippen LogP contribution in [0.15, 0.2) is 47.4 Å². The van der Waals surface area contributed by atoms with Crippen molar-refractivity contribution in [1.29, 1.82) is 0 Å². The zero-order valence-electron chi connectivity index (χ0n) is 16.6. The minimum Gasteiger partial charge on any atom is -0.324 e. The normalized spacial score (nSPS) is 12.0. The molecule has 2 N–H and O–H groups in total. The van der Waals surface area contributed by atoms with E-state index in [-0.39, 0.29) is 16.9 Å².